The summed E-state index contributed by atoms with van der Waals surface area (Å²) in [6.45, 7) is 0. The molecule has 0 bridgehead atoms. The molecule has 0 saturated heterocycles. The topological polar surface area (TPSA) is 50.7 Å². The number of allylic oxidation sites excluding steroid dienone is 3. The van der Waals surface area contributed by atoms with Crippen molar-refractivity contribution in [1.29, 1.82) is 0 Å². The van der Waals surface area contributed by atoms with Crippen LogP contribution in [0.4, 0.5) is 0 Å². The molecule has 0 fully saturated rings. The van der Waals surface area contributed by atoms with Crippen LogP contribution in [0.5, 0.6) is 5.75 Å². The van der Waals surface area contributed by atoms with Crippen molar-refractivity contribution in [3.63, 3.8) is 0 Å². The number of fused-ring (bicyclic) bond motifs is 2. The number of carbonyl (C=O) groups is 1. The normalized spacial score (nSPS) is 27.2. The van der Waals surface area contributed by atoms with E-state index in [0.717, 1.165) is 22.8 Å². The van der Waals surface area contributed by atoms with Gasteiger partial charge in [-0.15, -0.1) is 0 Å². The lowest BCUT2D eigenvalue weighted by Crippen LogP contribution is -2.45. The second kappa shape index (κ2) is 3.32. The number of para-hydroxylation sites is 1. The number of nitrogens with zero attached hydrogens (tertiary/aromatic N) is 1. The molecule has 0 saturated carbocycles. The molecule has 0 radical (unpaired) electrons. The van der Waals surface area contributed by atoms with Gasteiger partial charge in [-0.1, -0.05) is 24.3 Å². The smallest absolute Gasteiger partial charge is 0.248 e. The Morgan fingerprint density at radius 3 is 3.11 bits per heavy atom. The van der Waals surface area contributed by atoms with E-state index in [2.05, 4.69) is 10.5 Å². The molecule has 0 spiro atoms. The van der Waals surface area contributed by atoms with Gasteiger partial charge in [-0.05, 0) is 18.2 Å². The lowest BCUT2D eigenvalue weighted by Gasteiger charge is -2.36. The monoisotopic (exact) mass is 238 g/mol. The van der Waals surface area contributed by atoms with Gasteiger partial charge in [0.15, 0.2) is 0 Å². The Kier molecular flexibility index (Phi) is 1.78. The first-order chi connectivity index (χ1) is 8.84. The Balaban J connectivity index is 1.97. The van der Waals surface area contributed by atoms with Gasteiger partial charge < -0.3 is 4.74 Å². The molecular weight excluding hydrogens is 228 g/mol. The molecule has 18 heavy (non-hydrogen) atoms. The van der Waals surface area contributed by atoms with Gasteiger partial charge in [0.25, 0.3) is 0 Å². The lowest BCUT2D eigenvalue weighted by atomic mass is 9.78. The minimum absolute atomic E-state index is 0.0754. The summed E-state index contributed by atoms with van der Waals surface area (Å²) in [7, 11) is 0. The van der Waals surface area contributed by atoms with Crippen LogP contribution >= 0.6 is 0 Å². The summed E-state index contributed by atoms with van der Waals surface area (Å²) in [6, 6.07) is 7.76. The highest BCUT2D eigenvalue weighted by molar-refractivity contribution is 6.11. The summed E-state index contributed by atoms with van der Waals surface area (Å²) in [4.78, 5) is 11.8. The average molecular weight is 238 g/mol. The third-order valence-corrected chi connectivity index (χ3v) is 3.52. The zero-order valence-electron chi connectivity index (χ0n) is 9.46. The molecule has 0 aromatic heterocycles. The highest BCUT2D eigenvalue weighted by Gasteiger charge is 2.43. The standard InChI is InChI=1S/C14H10N2O2/c17-14-9-5-3-7-11-12(9)13(15-16-14)8-4-1-2-6-10(8)18-11/h1-7,9,12H,(H,16,17). The Morgan fingerprint density at radius 2 is 2.17 bits per heavy atom. The van der Waals surface area contributed by atoms with Gasteiger partial charge in [0, 0.05) is 5.56 Å². The minimum Gasteiger partial charge on any atom is -0.460 e. The molecular formula is C14H10N2O2. The summed E-state index contributed by atoms with van der Waals surface area (Å²) in [6.07, 6.45) is 5.67. The van der Waals surface area contributed by atoms with Crippen LogP contribution in [0, 0.1) is 11.8 Å². The lowest BCUT2D eigenvalue weighted by molar-refractivity contribution is -0.124. The first-order valence-electron chi connectivity index (χ1n) is 5.87. The highest BCUT2D eigenvalue weighted by atomic mass is 16.5. The fourth-order valence-electron chi connectivity index (χ4n) is 2.68. The van der Waals surface area contributed by atoms with E-state index in [1.54, 1.807) is 0 Å². The van der Waals surface area contributed by atoms with E-state index in [9.17, 15) is 4.79 Å². The maximum atomic E-state index is 11.8. The molecule has 3 aliphatic rings. The van der Waals surface area contributed by atoms with Gasteiger partial charge in [0.2, 0.25) is 5.91 Å². The quantitative estimate of drug-likeness (QED) is 0.746. The second-order valence-corrected chi connectivity index (χ2v) is 4.53. The van der Waals surface area contributed by atoms with Crippen LogP contribution in [0.2, 0.25) is 0 Å². The SMILES string of the molecule is O=C1NN=C2c3ccccc3OC3=CC=CC1C32. The van der Waals surface area contributed by atoms with Gasteiger partial charge in [-0.25, -0.2) is 5.43 Å². The van der Waals surface area contributed by atoms with Crippen molar-refractivity contribution in [2.24, 2.45) is 16.9 Å². The number of hydrogen-bond acceptors (Lipinski definition) is 3. The predicted molar refractivity (Wildman–Crippen MR) is 66.0 cm³/mol. The molecule has 88 valence electrons. The number of benzene rings is 1. The zero-order valence-corrected chi connectivity index (χ0v) is 9.46. The molecule has 2 aliphatic heterocycles. The third kappa shape index (κ3) is 1.14. The number of nitrogens with one attached hydrogen (secondary N) is 1. The Bertz CT molecular complexity index is 643. The van der Waals surface area contributed by atoms with Crippen LogP contribution < -0.4 is 10.2 Å². The Hall–Kier alpha value is -2.36. The Morgan fingerprint density at radius 1 is 1.28 bits per heavy atom. The summed E-state index contributed by atoms with van der Waals surface area (Å²) < 4.78 is 5.87. The van der Waals surface area contributed by atoms with E-state index in [4.69, 9.17) is 4.74 Å². The largest absolute Gasteiger partial charge is 0.460 e. The van der Waals surface area contributed by atoms with Crippen LogP contribution in [0.3, 0.4) is 0 Å². The number of carbonyl (C=O) groups excluding carboxylic acids is 1. The van der Waals surface area contributed by atoms with E-state index in [1.807, 2.05) is 42.5 Å². The van der Waals surface area contributed by atoms with Crippen molar-refractivity contribution in [1.82, 2.24) is 5.43 Å². The summed E-state index contributed by atoms with van der Waals surface area (Å²) in [5.74, 6) is 1.22. The highest BCUT2D eigenvalue weighted by Crippen LogP contribution is 2.40. The first kappa shape index (κ1) is 9.65. The van der Waals surface area contributed by atoms with Gasteiger partial charge in [-0.2, -0.15) is 5.10 Å². The average Bonchev–Trinajstić information content (AvgIpc) is 2.42. The molecule has 2 heterocycles. The third-order valence-electron chi connectivity index (χ3n) is 3.52. The van der Waals surface area contributed by atoms with Crippen LogP contribution in [0.25, 0.3) is 0 Å². The molecule has 1 aromatic carbocycles. The fraction of sp³-hybridized carbons (Fsp3) is 0.143. The summed E-state index contributed by atoms with van der Waals surface area (Å²) in [5.41, 5.74) is 4.44. The van der Waals surface area contributed by atoms with Gasteiger partial charge in [0.05, 0.1) is 17.5 Å². The van der Waals surface area contributed by atoms with Gasteiger partial charge in [-0.3, -0.25) is 4.79 Å². The van der Waals surface area contributed by atoms with E-state index in [0.29, 0.717) is 0 Å². The molecule has 4 rings (SSSR count). The molecule has 2 atom stereocenters. The number of hydrazone groups is 1. The van der Waals surface area contributed by atoms with Crippen molar-refractivity contribution in [3.05, 3.63) is 53.8 Å². The summed E-state index contributed by atoms with van der Waals surface area (Å²) in [5, 5.41) is 4.22. The Labute approximate surface area is 104 Å². The van der Waals surface area contributed by atoms with Crippen molar-refractivity contribution < 1.29 is 9.53 Å². The second-order valence-electron chi connectivity index (χ2n) is 4.53. The van der Waals surface area contributed by atoms with Crippen molar-refractivity contribution in [3.8, 4) is 5.75 Å². The molecule has 1 N–H and O–H groups in total. The molecule has 4 nitrogen and oxygen atoms in total. The molecule has 1 amide bonds. The van der Waals surface area contributed by atoms with E-state index in [1.165, 1.54) is 0 Å². The van der Waals surface area contributed by atoms with Crippen LogP contribution in [0.15, 0.2) is 53.4 Å². The number of amides is 1. The van der Waals surface area contributed by atoms with Crippen molar-refractivity contribution >= 4 is 11.6 Å². The van der Waals surface area contributed by atoms with Gasteiger partial charge >= 0.3 is 0 Å². The molecule has 1 aromatic rings. The molecule has 4 heteroatoms. The number of hydrogen-bond donors (Lipinski definition) is 1. The molecule has 1 aliphatic carbocycles. The van der Waals surface area contributed by atoms with E-state index < -0.39 is 0 Å². The minimum atomic E-state index is -0.217. The van der Waals surface area contributed by atoms with Crippen LogP contribution in [0.1, 0.15) is 5.56 Å². The first-order valence-corrected chi connectivity index (χ1v) is 5.87. The summed E-state index contributed by atoms with van der Waals surface area (Å²) >= 11 is 0. The fourth-order valence-corrected chi connectivity index (χ4v) is 2.68. The van der Waals surface area contributed by atoms with Gasteiger partial charge in [0.1, 0.15) is 11.5 Å². The predicted octanol–water partition coefficient (Wildman–Crippen LogP) is 1.60. The van der Waals surface area contributed by atoms with Crippen molar-refractivity contribution in [2.45, 2.75) is 0 Å². The van der Waals surface area contributed by atoms with Crippen molar-refractivity contribution in [2.75, 3.05) is 0 Å². The van der Waals surface area contributed by atoms with Crippen LogP contribution in [-0.4, -0.2) is 11.6 Å². The maximum Gasteiger partial charge on any atom is 0.248 e. The van der Waals surface area contributed by atoms with E-state index in [-0.39, 0.29) is 17.7 Å². The van der Waals surface area contributed by atoms with E-state index >= 15 is 0 Å². The zero-order chi connectivity index (χ0) is 12.1. The molecule has 2 unspecified atom stereocenters. The maximum absolute atomic E-state index is 11.8. The number of rotatable bonds is 0. The van der Waals surface area contributed by atoms with Crippen LogP contribution in [-0.2, 0) is 4.79 Å². The number of ether oxygens (including phenoxy) is 1.